The number of terminal acetylenes is 1. The molecule has 1 atom stereocenters. The molecule has 0 aliphatic rings. The van der Waals surface area contributed by atoms with Crippen molar-refractivity contribution in [1.29, 1.82) is 0 Å². The smallest absolute Gasteiger partial charge is 0.0449 e. The van der Waals surface area contributed by atoms with Crippen molar-refractivity contribution < 1.29 is 0 Å². The first-order chi connectivity index (χ1) is 7.85. The maximum absolute atomic E-state index is 5.58. The molecule has 0 nitrogen and oxygen atoms in total. The summed E-state index contributed by atoms with van der Waals surface area (Å²) in [5, 5.41) is 2.55. The fourth-order valence-electron chi connectivity index (χ4n) is 2.06. The number of benzene rings is 2. The molecular formula is C16H16. The average Bonchev–Trinajstić information content (AvgIpc) is 2.35. The van der Waals surface area contributed by atoms with Crippen LogP contribution >= 0.6 is 0 Å². The van der Waals surface area contributed by atoms with Crippen molar-refractivity contribution in [2.24, 2.45) is 0 Å². The normalized spacial score (nSPS) is 12.2. The fraction of sp³-hybridized carbons (Fsp3) is 0.250. The van der Waals surface area contributed by atoms with Crippen molar-refractivity contribution in [3.8, 4) is 12.3 Å². The molecule has 16 heavy (non-hydrogen) atoms. The predicted molar refractivity (Wildman–Crippen MR) is 70.4 cm³/mol. The van der Waals surface area contributed by atoms with Gasteiger partial charge in [-0.1, -0.05) is 55.7 Å². The van der Waals surface area contributed by atoms with E-state index in [1.165, 1.54) is 16.3 Å². The Labute approximate surface area is 97.3 Å². The summed E-state index contributed by atoms with van der Waals surface area (Å²) >= 11 is 0. The van der Waals surface area contributed by atoms with Crippen LogP contribution in [0.1, 0.15) is 31.2 Å². The van der Waals surface area contributed by atoms with Crippen molar-refractivity contribution in [3.63, 3.8) is 0 Å². The highest BCUT2D eigenvalue weighted by atomic mass is 14.1. The summed E-state index contributed by atoms with van der Waals surface area (Å²) in [6.07, 6.45) is 7.78. The highest BCUT2D eigenvalue weighted by molar-refractivity contribution is 5.83. The van der Waals surface area contributed by atoms with Gasteiger partial charge in [0.2, 0.25) is 0 Å². The molecule has 2 aromatic carbocycles. The van der Waals surface area contributed by atoms with Crippen LogP contribution in [-0.4, -0.2) is 0 Å². The minimum atomic E-state index is 0.259. The summed E-state index contributed by atoms with van der Waals surface area (Å²) in [7, 11) is 0. The van der Waals surface area contributed by atoms with Gasteiger partial charge in [-0.25, -0.2) is 0 Å². The third-order valence-electron chi connectivity index (χ3n) is 2.95. The molecular weight excluding hydrogens is 192 g/mol. The van der Waals surface area contributed by atoms with Crippen molar-refractivity contribution in [2.45, 2.75) is 25.7 Å². The standard InChI is InChI=1S/C16H16/c1-3-7-13(4-2)16-11-10-14-8-5-6-9-15(14)12-16/h2,5-6,8-13H,3,7H2,1H3. The van der Waals surface area contributed by atoms with E-state index in [0.717, 1.165) is 12.8 Å². The van der Waals surface area contributed by atoms with Crippen LogP contribution in [0.25, 0.3) is 10.8 Å². The van der Waals surface area contributed by atoms with Crippen molar-refractivity contribution in [3.05, 3.63) is 48.0 Å². The van der Waals surface area contributed by atoms with Gasteiger partial charge in [0.1, 0.15) is 0 Å². The lowest BCUT2D eigenvalue weighted by atomic mass is 9.93. The Bertz CT molecular complexity index is 517. The second kappa shape index (κ2) is 4.86. The van der Waals surface area contributed by atoms with Crippen molar-refractivity contribution >= 4 is 10.8 Å². The second-order valence-electron chi connectivity index (χ2n) is 4.11. The van der Waals surface area contributed by atoms with Crippen LogP contribution in [0.4, 0.5) is 0 Å². The molecule has 0 amide bonds. The Balaban J connectivity index is 2.42. The van der Waals surface area contributed by atoms with Crippen LogP contribution in [-0.2, 0) is 0 Å². The quantitative estimate of drug-likeness (QED) is 0.657. The van der Waals surface area contributed by atoms with Crippen LogP contribution in [0.2, 0.25) is 0 Å². The molecule has 0 saturated heterocycles. The van der Waals surface area contributed by atoms with E-state index >= 15 is 0 Å². The summed E-state index contributed by atoms with van der Waals surface area (Å²) in [6, 6.07) is 14.9. The Morgan fingerprint density at radius 1 is 1.12 bits per heavy atom. The van der Waals surface area contributed by atoms with Crippen LogP contribution < -0.4 is 0 Å². The first-order valence-electron chi connectivity index (χ1n) is 5.80. The van der Waals surface area contributed by atoms with E-state index < -0.39 is 0 Å². The largest absolute Gasteiger partial charge is 0.119 e. The fourth-order valence-corrected chi connectivity index (χ4v) is 2.06. The number of rotatable bonds is 3. The number of hydrogen-bond acceptors (Lipinski definition) is 0. The molecule has 0 bridgehead atoms. The lowest BCUT2D eigenvalue weighted by Crippen LogP contribution is -1.94. The first-order valence-corrected chi connectivity index (χ1v) is 5.80. The van der Waals surface area contributed by atoms with E-state index in [-0.39, 0.29) is 5.92 Å². The number of hydrogen-bond donors (Lipinski definition) is 0. The SMILES string of the molecule is C#CC(CCC)c1ccc2ccccc2c1. The zero-order valence-corrected chi connectivity index (χ0v) is 9.61. The van der Waals surface area contributed by atoms with Gasteiger partial charge in [0, 0.05) is 5.92 Å². The molecule has 0 saturated carbocycles. The van der Waals surface area contributed by atoms with Gasteiger partial charge < -0.3 is 0 Å². The Hall–Kier alpha value is -1.74. The molecule has 0 aliphatic carbocycles. The van der Waals surface area contributed by atoms with Gasteiger partial charge in [0.15, 0.2) is 0 Å². The lowest BCUT2D eigenvalue weighted by Gasteiger charge is -2.10. The third kappa shape index (κ3) is 2.09. The molecule has 2 aromatic rings. The van der Waals surface area contributed by atoms with Gasteiger partial charge in [0.25, 0.3) is 0 Å². The van der Waals surface area contributed by atoms with Crippen LogP contribution in [0.5, 0.6) is 0 Å². The molecule has 0 fully saturated rings. The zero-order valence-electron chi connectivity index (χ0n) is 9.61. The number of fused-ring (bicyclic) bond motifs is 1. The third-order valence-corrected chi connectivity index (χ3v) is 2.95. The van der Waals surface area contributed by atoms with Gasteiger partial charge in [0.05, 0.1) is 0 Å². The molecule has 0 spiro atoms. The zero-order chi connectivity index (χ0) is 11.4. The molecule has 2 rings (SSSR count). The van der Waals surface area contributed by atoms with Crippen LogP contribution in [0, 0.1) is 12.3 Å². The van der Waals surface area contributed by atoms with Crippen molar-refractivity contribution in [1.82, 2.24) is 0 Å². The maximum Gasteiger partial charge on any atom is 0.0449 e. The van der Waals surface area contributed by atoms with E-state index in [0.29, 0.717) is 0 Å². The Morgan fingerprint density at radius 3 is 2.56 bits per heavy atom. The van der Waals surface area contributed by atoms with Gasteiger partial charge in [-0.2, -0.15) is 0 Å². The average molecular weight is 208 g/mol. The van der Waals surface area contributed by atoms with Crippen molar-refractivity contribution in [2.75, 3.05) is 0 Å². The van der Waals surface area contributed by atoms with Crippen LogP contribution in [0.15, 0.2) is 42.5 Å². The van der Waals surface area contributed by atoms with Gasteiger partial charge in [-0.05, 0) is 28.8 Å². The van der Waals surface area contributed by atoms with Gasteiger partial charge in [-0.3, -0.25) is 0 Å². The summed E-state index contributed by atoms with van der Waals surface area (Å²) < 4.78 is 0. The monoisotopic (exact) mass is 208 g/mol. The first kappa shape index (κ1) is 10.8. The molecule has 1 unspecified atom stereocenters. The highest BCUT2D eigenvalue weighted by Gasteiger charge is 2.07. The van der Waals surface area contributed by atoms with E-state index in [9.17, 15) is 0 Å². The summed E-state index contributed by atoms with van der Waals surface area (Å²) in [4.78, 5) is 0. The molecule has 0 aromatic heterocycles. The summed E-state index contributed by atoms with van der Waals surface area (Å²) in [6.45, 7) is 2.17. The van der Waals surface area contributed by atoms with E-state index in [2.05, 4.69) is 55.3 Å². The molecule has 80 valence electrons. The summed E-state index contributed by atoms with van der Waals surface area (Å²) in [5.41, 5.74) is 1.27. The molecule has 0 radical (unpaired) electrons. The topological polar surface area (TPSA) is 0 Å². The highest BCUT2D eigenvalue weighted by Crippen LogP contribution is 2.24. The maximum atomic E-state index is 5.58. The predicted octanol–water partition coefficient (Wildman–Crippen LogP) is 4.36. The Kier molecular flexibility index (Phi) is 3.27. The van der Waals surface area contributed by atoms with Gasteiger partial charge in [-0.15, -0.1) is 6.42 Å². The molecule has 0 N–H and O–H groups in total. The minimum absolute atomic E-state index is 0.259. The van der Waals surface area contributed by atoms with Crippen LogP contribution in [0.3, 0.4) is 0 Å². The van der Waals surface area contributed by atoms with E-state index in [4.69, 9.17) is 6.42 Å². The lowest BCUT2D eigenvalue weighted by molar-refractivity contribution is 0.735. The molecule has 0 aliphatic heterocycles. The van der Waals surface area contributed by atoms with E-state index in [1.54, 1.807) is 0 Å². The minimum Gasteiger partial charge on any atom is -0.119 e. The van der Waals surface area contributed by atoms with Gasteiger partial charge >= 0.3 is 0 Å². The molecule has 0 heteroatoms. The Morgan fingerprint density at radius 2 is 1.88 bits per heavy atom. The second-order valence-corrected chi connectivity index (χ2v) is 4.11. The summed E-state index contributed by atoms with van der Waals surface area (Å²) in [5.74, 6) is 3.14. The van der Waals surface area contributed by atoms with E-state index in [1.807, 2.05) is 0 Å². The molecule has 0 heterocycles.